The molecule has 1 aromatic rings. The zero-order valence-corrected chi connectivity index (χ0v) is 17.7. The van der Waals surface area contributed by atoms with Crippen molar-refractivity contribution in [1.29, 1.82) is 0 Å². The van der Waals surface area contributed by atoms with E-state index in [1.54, 1.807) is 6.08 Å². The number of likely N-dealkylation sites (tertiary alicyclic amines) is 1. The van der Waals surface area contributed by atoms with Gasteiger partial charge >= 0.3 is 11.8 Å². The van der Waals surface area contributed by atoms with Crippen LogP contribution < -0.4 is 10.6 Å². The Morgan fingerprint density at radius 2 is 1.93 bits per heavy atom. The molecule has 1 aliphatic heterocycles. The van der Waals surface area contributed by atoms with Gasteiger partial charge in [-0.3, -0.25) is 14.5 Å². The summed E-state index contributed by atoms with van der Waals surface area (Å²) in [6.45, 7) is 8.04. The zero-order valence-electron chi connectivity index (χ0n) is 16.1. The van der Waals surface area contributed by atoms with E-state index in [2.05, 4.69) is 38.0 Å². The Morgan fingerprint density at radius 1 is 1.25 bits per heavy atom. The number of allylic oxidation sites excluding steroid dienone is 1. The van der Waals surface area contributed by atoms with Gasteiger partial charge in [-0.15, -0.1) is 0 Å². The van der Waals surface area contributed by atoms with Crippen LogP contribution in [0.5, 0.6) is 0 Å². The van der Waals surface area contributed by atoms with E-state index < -0.39 is 17.6 Å². The highest BCUT2D eigenvalue weighted by Gasteiger charge is 2.24. The van der Waals surface area contributed by atoms with Gasteiger partial charge in [0.1, 0.15) is 5.82 Å². The first-order valence-electron chi connectivity index (χ1n) is 9.53. The predicted octanol–water partition coefficient (Wildman–Crippen LogP) is 4.02. The van der Waals surface area contributed by atoms with Gasteiger partial charge in [-0.05, 0) is 72.6 Å². The fourth-order valence-corrected chi connectivity index (χ4v) is 3.59. The van der Waals surface area contributed by atoms with Gasteiger partial charge < -0.3 is 10.6 Å². The Hall–Kier alpha value is -1.99. The molecular formula is C21H27BrFN3O2. The maximum atomic E-state index is 13.6. The summed E-state index contributed by atoms with van der Waals surface area (Å²) in [5.41, 5.74) is 1.25. The Bertz CT molecular complexity index is 743. The SMILES string of the molecule is C=C/C(=C\C)C(CNC(=O)C(=O)Nc1ccc(Br)c(F)c1)N1CCCCCC1. The zero-order chi connectivity index (χ0) is 20.5. The number of benzene rings is 1. The molecule has 1 aliphatic rings. The minimum absolute atomic E-state index is 0.0255. The molecule has 1 fully saturated rings. The van der Waals surface area contributed by atoms with Crippen molar-refractivity contribution in [2.75, 3.05) is 25.0 Å². The lowest BCUT2D eigenvalue weighted by Crippen LogP contribution is -2.47. The van der Waals surface area contributed by atoms with Crippen LogP contribution in [-0.2, 0) is 9.59 Å². The van der Waals surface area contributed by atoms with Gasteiger partial charge in [0.15, 0.2) is 0 Å². The summed E-state index contributed by atoms with van der Waals surface area (Å²) in [5.74, 6) is -2.08. The summed E-state index contributed by atoms with van der Waals surface area (Å²) >= 11 is 3.05. The molecule has 1 unspecified atom stereocenters. The van der Waals surface area contributed by atoms with Crippen LogP contribution in [-0.4, -0.2) is 42.4 Å². The molecule has 1 saturated heterocycles. The van der Waals surface area contributed by atoms with Gasteiger partial charge in [-0.2, -0.15) is 0 Å². The van der Waals surface area contributed by atoms with Gasteiger partial charge in [-0.1, -0.05) is 31.6 Å². The van der Waals surface area contributed by atoms with E-state index in [-0.39, 0.29) is 11.7 Å². The Labute approximate surface area is 174 Å². The van der Waals surface area contributed by atoms with E-state index in [1.807, 2.05) is 13.0 Å². The highest BCUT2D eigenvalue weighted by molar-refractivity contribution is 9.10. The number of anilines is 1. The fourth-order valence-electron chi connectivity index (χ4n) is 3.34. The van der Waals surface area contributed by atoms with Gasteiger partial charge in [-0.25, -0.2) is 4.39 Å². The first-order chi connectivity index (χ1) is 13.5. The summed E-state index contributed by atoms with van der Waals surface area (Å²) in [6.07, 6.45) is 8.44. The van der Waals surface area contributed by atoms with Gasteiger partial charge in [0.2, 0.25) is 0 Å². The molecule has 0 spiro atoms. The summed E-state index contributed by atoms with van der Waals surface area (Å²) in [7, 11) is 0. The van der Waals surface area contributed by atoms with Crippen molar-refractivity contribution in [2.24, 2.45) is 0 Å². The number of nitrogens with zero attached hydrogens (tertiary/aromatic N) is 1. The van der Waals surface area contributed by atoms with Gasteiger partial charge in [0.05, 0.1) is 10.5 Å². The number of carbonyl (C=O) groups is 2. The third-order valence-electron chi connectivity index (χ3n) is 4.87. The molecule has 2 N–H and O–H groups in total. The van der Waals surface area contributed by atoms with Crippen LogP contribution in [0.4, 0.5) is 10.1 Å². The number of nitrogens with one attached hydrogen (secondary N) is 2. The lowest BCUT2D eigenvalue weighted by molar-refractivity contribution is -0.136. The second-order valence-corrected chi connectivity index (χ2v) is 7.61. The molecule has 0 radical (unpaired) electrons. The van der Waals surface area contributed by atoms with Crippen molar-refractivity contribution in [2.45, 2.75) is 38.6 Å². The van der Waals surface area contributed by atoms with Crippen LogP contribution in [0.25, 0.3) is 0 Å². The highest BCUT2D eigenvalue weighted by atomic mass is 79.9. The van der Waals surface area contributed by atoms with Crippen molar-refractivity contribution < 1.29 is 14.0 Å². The number of halogens is 2. The molecule has 0 aliphatic carbocycles. The minimum atomic E-state index is -0.822. The molecule has 1 heterocycles. The number of rotatable bonds is 6. The molecule has 2 rings (SSSR count). The van der Waals surface area contributed by atoms with Crippen LogP contribution in [0, 0.1) is 5.82 Å². The Morgan fingerprint density at radius 3 is 2.50 bits per heavy atom. The summed E-state index contributed by atoms with van der Waals surface area (Å²) in [4.78, 5) is 26.8. The van der Waals surface area contributed by atoms with Crippen molar-refractivity contribution in [3.05, 3.63) is 52.8 Å². The second-order valence-electron chi connectivity index (χ2n) is 6.75. The van der Waals surface area contributed by atoms with Crippen molar-refractivity contribution >= 4 is 33.4 Å². The summed E-state index contributed by atoms with van der Waals surface area (Å²) < 4.78 is 13.9. The second kappa shape index (κ2) is 11.1. The maximum absolute atomic E-state index is 13.6. The van der Waals surface area contributed by atoms with Crippen LogP contribution in [0.3, 0.4) is 0 Å². The Balaban J connectivity index is 1.99. The van der Waals surface area contributed by atoms with E-state index in [9.17, 15) is 14.0 Å². The molecule has 1 aromatic carbocycles. The molecule has 28 heavy (non-hydrogen) atoms. The van der Waals surface area contributed by atoms with Gasteiger partial charge in [0.25, 0.3) is 0 Å². The van der Waals surface area contributed by atoms with E-state index >= 15 is 0 Å². The van der Waals surface area contributed by atoms with Gasteiger partial charge in [0, 0.05) is 12.2 Å². The molecule has 0 bridgehead atoms. The lowest BCUT2D eigenvalue weighted by atomic mass is 10.0. The molecule has 152 valence electrons. The molecule has 5 nitrogen and oxygen atoms in total. The van der Waals surface area contributed by atoms with E-state index in [0.717, 1.165) is 37.6 Å². The number of hydrogen-bond acceptors (Lipinski definition) is 3. The first kappa shape index (κ1) is 22.3. The average molecular weight is 452 g/mol. The number of amides is 2. The maximum Gasteiger partial charge on any atom is 0.313 e. The number of carbonyl (C=O) groups excluding carboxylic acids is 2. The minimum Gasteiger partial charge on any atom is -0.346 e. The van der Waals surface area contributed by atoms with Crippen LogP contribution in [0.1, 0.15) is 32.6 Å². The van der Waals surface area contributed by atoms with Crippen molar-refractivity contribution in [3.8, 4) is 0 Å². The average Bonchev–Trinajstić information content (AvgIpc) is 2.97. The first-order valence-corrected chi connectivity index (χ1v) is 10.3. The normalized spacial score (nSPS) is 16.8. The predicted molar refractivity (Wildman–Crippen MR) is 114 cm³/mol. The molecule has 1 atom stereocenters. The van der Waals surface area contributed by atoms with Crippen LogP contribution in [0.15, 0.2) is 47.0 Å². The summed E-state index contributed by atoms with van der Waals surface area (Å²) in [6, 6.07) is 4.13. The summed E-state index contributed by atoms with van der Waals surface area (Å²) in [5, 5.41) is 5.13. The van der Waals surface area contributed by atoms with Crippen LogP contribution >= 0.6 is 15.9 Å². The molecule has 7 heteroatoms. The van der Waals surface area contributed by atoms with E-state index in [1.165, 1.54) is 25.0 Å². The topological polar surface area (TPSA) is 61.4 Å². The smallest absolute Gasteiger partial charge is 0.313 e. The fraction of sp³-hybridized carbons (Fsp3) is 0.429. The quantitative estimate of drug-likeness (QED) is 0.507. The third kappa shape index (κ3) is 6.27. The monoisotopic (exact) mass is 451 g/mol. The lowest BCUT2D eigenvalue weighted by Gasteiger charge is -2.31. The molecule has 2 amide bonds. The van der Waals surface area contributed by atoms with Crippen molar-refractivity contribution in [1.82, 2.24) is 10.2 Å². The van der Waals surface area contributed by atoms with Crippen molar-refractivity contribution in [3.63, 3.8) is 0 Å². The van der Waals surface area contributed by atoms with E-state index in [0.29, 0.717) is 11.0 Å². The molecule has 0 aromatic heterocycles. The third-order valence-corrected chi connectivity index (χ3v) is 5.52. The van der Waals surface area contributed by atoms with Crippen LogP contribution in [0.2, 0.25) is 0 Å². The standard InChI is InChI=1S/C21H27BrFN3O2/c1-3-15(4-2)19(26-11-7-5-6-8-12-26)14-24-20(27)21(28)25-16-9-10-17(22)18(23)13-16/h3-4,9-10,13,19H,1,5-8,11-12,14H2,2H3,(H,24,27)(H,25,28)/b15-4+. The Kier molecular flexibility index (Phi) is 8.86. The number of hydrogen-bond donors (Lipinski definition) is 2. The largest absolute Gasteiger partial charge is 0.346 e. The molecular weight excluding hydrogens is 425 g/mol. The molecule has 0 saturated carbocycles. The highest BCUT2D eigenvalue weighted by Crippen LogP contribution is 2.20. The van der Waals surface area contributed by atoms with E-state index in [4.69, 9.17) is 0 Å².